The van der Waals surface area contributed by atoms with E-state index in [-0.39, 0.29) is 0 Å². The molecule has 0 unspecified atom stereocenters. The summed E-state index contributed by atoms with van der Waals surface area (Å²) in [4.78, 5) is 6.19. The quantitative estimate of drug-likeness (QED) is 0.804. The van der Waals surface area contributed by atoms with Gasteiger partial charge in [-0.15, -0.1) is 16.9 Å². The van der Waals surface area contributed by atoms with Gasteiger partial charge >= 0.3 is 0 Å². The maximum atomic E-state index is 4.98. The SMILES string of the molecule is CSc1ccccc1-c1cn(CC2=NOCC2)nn1. The van der Waals surface area contributed by atoms with Crippen LogP contribution in [0.4, 0.5) is 0 Å². The maximum absolute atomic E-state index is 4.98. The Kier molecular flexibility index (Phi) is 3.50. The van der Waals surface area contributed by atoms with Crippen LogP contribution in [0.3, 0.4) is 0 Å². The molecule has 2 heterocycles. The Morgan fingerprint density at radius 1 is 1.37 bits per heavy atom. The molecule has 0 amide bonds. The van der Waals surface area contributed by atoms with E-state index in [1.807, 2.05) is 18.3 Å². The molecular formula is C13H14N4OS. The molecule has 0 atom stereocenters. The molecule has 0 radical (unpaired) electrons. The summed E-state index contributed by atoms with van der Waals surface area (Å²) in [5, 5.41) is 12.4. The Morgan fingerprint density at radius 2 is 2.26 bits per heavy atom. The first-order chi connectivity index (χ1) is 9.36. The van der Waals surface area contributed by atoms with E-state index in [0.29, 0.717) is 13.2 Å². The molecule has 0 saturated carbocycles. The molecule has 0 saturated heterocycles. The van der Waals surface area contributed by atoms with Gasteiger partial charge in [0.15, 0.2) is 0 Å². The van der Waals surface area contributed by atoms with Crippen molar-refractivity contribution in [2.75, 3.05) is 12.9 Å². The first-order valence-electron chi connectivity index (χ1n) is 6.08. The zero-order valence-electron chi connectivity index (χ0n) is 10.6. The average Bonchev–Trinajstić information content (AvgIpc) is 3.11. The summed E-state index contributed by atoms with van der Waals surface area (Å²) in [5.74, 6) is 0. The highest BCUT2D eigenvalue weighted by Crippen LogP contribution is 2.28. The van der Waals surface area contributed by atoms with Gasteiger partial charge in [-0.05, 0) is 12.3 Å². The third-order valence-electron chi connectivity index (χ3n) is 2.94. The number of hydrogen-bond acceptors (Lipinski definition) is 5. The normalized spacial score (nSPS) is 14.3. The largest absolute Gasteiger partial charge is 0.395 e. The molecule has 0 fully saturated rings. The molecule has 2 aromatic rings. The van der Waals surface area contributed by atoms with Crippen molar-refractivity contribution in [3.63, 3.8) is 0 Å². The number of aromatic nitrogens is 3. The first-order valence-corrected chi connectivity index (χ1v) is 7.30. The van der Waals surface area contributed by atoms with Gasteiger partial charge < -0.3 is 4.84 Å². The Hall–Kier alpha value is -1.82. The lowest BCUT2D eigenvalue weighted by molar-refractivity contribution is 0.173. The molecule has 6 heteroatoms. The second-order valence-electron chi connectivity index (χ2n) is 4.24. The van der Waals surface area contributed by atoms with Crippen LogP contribution in [0.5, 0.6) is 0 Å². The molecule has 1 aromatic heterocycles. The maximum Gasteiger partial charge on any atom is 0.122 e. The summed E-state index contributed by atoms with van der Waals surface area (Å²) in [6.45, 7) is 1.32. The summed E-state index contributed by atoms with van der Waals surface area (Å²) >= 11 is 1.71. The highest BCUT2D eigenvalue weighted by Gasteiger charge is 2.12. The molecule has 1 aliphatic rings. The molecular weight excluding hydrogens is 260 g/mol. The van der Waals surface area contributed by atoms with E-state index in [1.54, 1.807) is 16.4 Å². The Labute approximate surface area is 115 Å². The minimum absolute atomic E-state index is 0.647. The topological polar surface area (TPSA) is 52.3 Å². The van der Waals surface area contributed by atoms with E-state index >= 15 is 0 Å². The van der Waals surface area contributed by atoms with Crippen molar-refractivity contribution in [1.29, 1.82) is 0 Å². The van der Waals surface area contributed by atoms with Crippen LogP contribution in [0, 0.1) is 0 Å². The van der Waals surface area contributed by atoms with Crippen molar-refractivity contribution >= 4 is 17.5 Å². The fourth-order valence-electron chi connectivity index (χ4n) is 2.00. The van der Waals surface area contributed by atoms with Crippen LogP contribution in [-0.4, -0.2) is 33.6 Å². The monoisotopic (exact) mass is 274 g/mol. The standard InChI is InChI=1S/C13H14N4OS/c1-19-13-5-3-2-4-11(13)12-9-17(16-14-12)8-10-6-7-18-15-10/h2-5,9H,6-8H2,1H3. The van der Waals surface area contributed by atoms with Gasteiger partial charge in [-0.3, -0.25) is 0 Å². The Bertz CT molecular complexity index is 608. The van der Waals surface area contributed by atoms with Crippen LogP contribution >= 0.6 is 11.8 Å². The summed E-state index contributed by atoms with van der Waals surface area (Å²) in [7, 11) is 0. The lowest BCUT2D eigenvalue weighted by atomic mass is 10.2. The second kappa shape index (κ2) is 5.44. The number of nitrogens with zero attached hydrogens (tertiary/aromatic N) is 4. The van der Waals surface area contributed by atoms with Crippen molar-refractivity contribution in [2.24, 2.45) is 5.16 Å². The summed E-state index contributed by atoms with van der Waals surface area (Å²) in [6, 6.07) is 8.21. The molecule has 5 nitrogen and oxygen atoms in total. The predicted octanol–water partition coefficient (Wildman–Crippen LogP) is 2.44. The van der Waals surface area contributed by atoms with Gasteiger partial charge in [-0.2, -0.15) is 0 Å². The van der Waals surface area contributed by atoms with Gasteiger partial charge in [0, 0.05) is 16.9 Å². The smallest absolute Gasteiger partial charge is 0.122 e. The summed E-state index contributed by atoms with van der Waals surface area (Å²) < 4.78 is 1.81. The molecule has 19 heavy (non-hydrogen) atoms. The average molecular weight is 274 g/mol. The number of oxime groups is 1. The molecule has 98 valence electrons. The minimum atomic E-state index is 0.647. The van der Waals surface area contributed by atoms with Gasteiger partial charge in [-0.25, -0.2) is 4.68 Å². The number of hydrogen-bond donors (Lipinski definition) is 0. The van der Waals surface area contributed by atoms with Crippen LogP contribution < -0.4 is 0 Å². The van der Waals surface area contributed by atoms with E-state index in [9.17, 15) is 0 Å². The van der Waals surface area contributed by atoms with Crippen molar-refractivity contribution < 1.29 is 4.84 Å². The highest BCUT2D eigenvalue weighted by atomic mass is 32.2. The van der Waals surface area contributed by atoms with Crippen LogP contribution in [-0.2, 0) is 11.4 Å². The zero-order valence-corrected chi connectivity index (χ0v) is 11.4. The van der Waals surface area contributed by atoms with E-state index in [4.69, 9.17) is 4.84 Å². The highest BCUT2D eigenvalue weighted by molar-refractivity contribution is 7.98. The summed E-state index contributed by atoms with van der Waals surface area (Å²) in [5.41, 5.74) is 3.02. The number of benzene rings is 1. The molecule has 3 rings (SSSR count). The van der Waals surface area contributed by atoms with Crippen molar-refractivity contribution in [2.45, 2.75) is 17.9 Å². The molecule has 1 aromatic carbocycles. The first kappa shape index (κ1) is 12.2. The Balaban J connectivity index is 1.84. The molecule has 0 bridgehead atoms. The van der Waals surface area contributed by atoms with E-state index in [2.05, 4.69) is 33.9 Å². The van der Waals surface area contributed by atoms with Crippen molar-refractivity contribution in [3.05, 3.63) is 30.5 Å². The zero-order chi connectivity index (χ0) is 13.1. The fraction of sp³-hybridized carbons (Fsp3) is 0.308. The van der Waals surface area contributed by atoms with Crippen LogP contribution in [0.25, 0.3) is 11.3 Å². The lowest BCUT2D eigenvalue weighted by Gasteiger charge is -2.02. The fourth-order valence-corrected chi connectivity index (χ4v) is 2.60. The predicted molar refractivity (Wildman–Crippen MR) is 75.2 cm³/mol. The van der Waals surface area contributed by atoms with E-state index in [1.165, 1.54) is 4.90 Å². The molecule has 0 aliphatic carbocycles. The third-order valence-corrected chi connectivity index (χ3v) is 3.74. The number of thioether (sulfide) groups is 1. The second-order valence-corrected chi connectivity index (χ2v) is 5.09. The van der Waals surface area contributed by atoms with E-state index < -0.39 is 0 Å². The van der Waals surface area contributed by atoms with Gasteiger partial charge in [0.05, 0.1) is 18.5 Å². The van der Waals surface area contributed by atoms with Gasteiger partial charge in [0.25, 0.3) is 0 Å². The van der Waals surface area contributed by atoms with Crippen molar-refractivity contribution in [1.82, 2.24) is 15.0 Å². The molecule has 0 spiro atoms. The van der Waals surface area contributed by atoms with Crippen molar-refractivity contribution in [3.8, 4) is 11.3 Å². The van der Waals surface area contributed by atoms with Gasteiger partial charge in [0.1, 0.15) is 12.3 Å². The van der Waals surface area contributed by atoms with Gasteiger partial charge in [-0.1, -0.05) is 28.6 Å². The third kappa shape index (κ3) is 2.63. The number of rotatable bonds is 4. The summed E-state index contributed by atoms with van der Waals surface area (Å²) in [6.07, 6.45) is 4.89. The Morgan fingerprint density at radius 3 is 3.05 bits per heavy atom. The minimum Gasteiger partial charge on any atom is -0.395 e. The van der Waals surface area contributed by atoms with E-state index in [0.717, 1.165) is 23.4 Å². The van der Waals surface area contributed by atoms with Gasteiger partial charge in [0.2, 0.25) is 0 Å². The molecule has 1 aliphatic heterocycles. The van der Waals surface area contributed by atoms with Crippen LogP contribution in [0.1, 0.15) is 6.42 Å². The van der Waals surface area contributed by atoms with Crippen LogP contribution in [0.15, 0.2) is 40.5 Å². The molecule has 0 N–H and O–H groups in total. The lowest BCUT2D eigenvalue weighted by Crippen LogP contribution is -2.08. The van der Waals surface area contributed by atoms with Crippen LogP contribution in [0.2, 0.25) is 0 Å².